The fourth-order valence-electron chi connectivity index (χ4n) is 1.56. The Morgan fingerprint density at radius 2 is 2.00 bits per heavy atom. The zero-order chi connectivity index (χ0) is 9.97. The molecule has 1 radical (unpaired) electrons. The molecular weight excluding hydrogens is 174 g/mol. The van der Waals surface area contributed by atoms with Crippen LogP contribution in [0.25, 0.3) is 10.8 Å². The molecule has 0 aromatic heterocycles. The predicted molar refractivity (Wildman–Crippen MR) is 58.2 cm³/mol. The van der Waals surface area contributed by atoms with Crippen molar-refractivity contribution in [2.75, 3.05) is 14.2 Å². The van der Waals surface area contributed by atoms with Crippen LogP contribution in [0.3, 0.4) is 0 Å². The van der Waals surface area contributed by atoms with Gasteiger partial charge >= 0.3 is 0 Å². The van der Waals surface area contributed by atoms with Gasteiger partial charge < -0.3 is 4.74 Å². The summed E-state index contributed by atoms with van der Waals surface area (Å²) in [5.41, 5.74) is 1.00. The lowest BCUT2D eigenvalue weighted by Gasteiger charge is -2.05. The molecule has 0 amide bonds. The van der Waals surface area contributed by atoms with Gasteiger partial charge in [0.15, 0.2) is 0 Å². The van der Waals surface area contributed by atoms with Gasteiger partial charge in [-0.2, -0.15) is 0 Å². The van der Waals surface area contributed by atoms with Crippen molar-refractivity contribution in [3.05, 3.63) is 36.4 Å². The first-order chi connectivity index (χ1) is 6.85. The topological polar surface area (TPSA) is 23.3 Å². The van der Waals surface area contributed by atoms with E-state index in [4.69, 9.17) is 4.74 Å². The Hall–Kier alpha value is -1.70. The van der Waals surface area contributed by atoms with E-state index in [2.05, 4.69) is 11.4 Å². The summed E-state index contributed by atoms with van der Waals surface area (Å²) in [5.74, 6) is 0.869. The number of hydrogen-bond donors (Lipinski definition) is 0. The van der Waals surface area contributed by atoms with E-state index < -0.39 is 0 Å². The van der Waals surface area contributed by atoms with Crippen molar-refractivity contribution in [3.63, 3.8) is 0 Å². The largest absolute Gasteiger partial charge is 0.497 e. The maximum atomic E-state index is 5.18. The molecule has 0 saturated heterocycles. The summed E-state index contributed by atoms with van der Waals surface area (Å²) in [6.07, 6.45) is 0. The van der Waals surface area contributed by atoms with Gasteiger partial charge in [-0.1, -0.05) is 18.2 Å². The summed E-state index contributed by atoms with van der Waals surface area (Å²) in [6, 6.07) is 12.1. The Balaban J connectivity index is 2.70. The molecule has 0 unspecified atom stereocenters. The Morgan fingerprint density at radius 1 is 1.14 bits per heavy atom. The zero-order valence-electron chi connectivity index (χ0n) is 8.32. The third kappa shape index (κ3) is 1.39. The maximum Gasteiger partial charge on any atom is 0.119 e. The normalized spacial score (nSPS) is 10.1. The monoisotopic (exact) mass is 186 g/mol. The second kappa shape index (κ2) is 3.58. The third-order valence-electron chi connectivity index (χ3n) is 2.31. The van der Waals surface area contributed by atoms with Crippen molar-refractivity contribution >= 4 is 16.5 Å². The Bertz CT molecular complexity index is 451. The number of ether oxygens (including phenoxy) is 1. The van der Waals surface area contributed by atoms with Crippen LogP contribution in [0, 0.1) is 0 Å². The van der Waals surface area contributed by atoms with Crippen LogP contribution >= 0.6 is 0 Å². The van der Waals surface area contributed by atoms with Crippen molar-refractivity contribution in [1.82, 2.24) is 5.32 Å². The number of rotatable bonds is 2. The minimum Gasteiger partial charge on any atom is -0.497 e. The molecular formula is C12H12NO. The smallest absolute Gasteiger partial charge is 0.119 e. The Labute approximate surface area is 83.5 Å². The van der Waals surface area contributed by atoms with Crippen molar-refractivity contribution in [1.29, 1.82) is 0 Å². The highest BCUT2D eigenvalue weighted by molar-refractivity contribution is 5.93. The quantitative estimate of drug-likeness (QED) is 0.707. The standard InChI is InChI=1S/C12H12NO/c1-13-12-5-3-4-9-6-7-10(14-2)8-11(9)12/h3-8H,1-2H3. The number of fused-ring (bicyclic) bond motifs is 1. The van der Waals surface area contributed by atoms with E-state index in [9.17, 15) is 0 Å². The van der Waals surface area contributed by atoms with Crippen LogP contribution < -0.4 is 10.1 Å². The Kier molecular flexibility index (Phi) is 2.27. The number of benzene rings is 2. The van der Waals surface area contributed by atoms with E-state index in [0.717, 1.165) is 16.8 Å². The molecule has 0 aliphatic rings. The second-order valence-corrected chi connectivity index (χ2v) is 3.09. The van der Waals surface area contributed by atoms with Gasteiger partial charge in [0.2, 0.25) is 0 Å². The van der Waals surface area contributed by atoms with Gasteiger partial charge in [0.1, 0.15) is 5.75 Å². The van der Waals surface area contributed by atoms with Crippen LogP contribution in [0.1, 0.15) is 0 Å². The van der Waals surface area contributed by atoms with Crippen molar-refractivity contribution < 1.29 is 4.74 Å². The van der Waals surface area contributed by atoms with Crippen LogP contribution in [0.2, 0.25) is 0 Å². The maximum absolute atomic E-state index is 5.18. The first kappa shape index (κ1) is 8.88. The van der Waals surface area contributed by atoms with Crippen LogP contribution in [0.5, 0.6) is 5.75 Å². The van der Waals surface area contributed by atoms with Crippen LogP contribution in [-0.2, 0) is 0 Å². The highest BCUT2D eigenvalue weighted by atomic mass is 16.5. The van der Waals surface area contributed by atoms with Gasteiger partial charge in [0.05, 0.1) is 12.8 Å². The summed E-state index contributed by atoms with van der Waals surface area (Å²) in [7, 11) is 3.47. The van der Waals surface area contributed by atoms with Gasteiger partial charge in [-0.15, -0.1) is 0 Å². The molecule has 2 rings (SSSR count). The molecule has 0 atom stereocenters. The van der Waals surface area contributed by atoms with E-state index in [0.29, 0.717) is 0 Å². The summed E-state index contributed by atoms with van der Waals surface area (Å²) >= 11 is 0. The molecule has 2 nitrogen and oxygen atoms in total. The highest BCUT2D eigenvalue weighted by Crippen LogP contribution is 2.26. The fourth-order valence-corrected chi connectivity index (χ4v) is 1.56. The highest BCUT2D eigenvalue weighted by Gasteiger charge is 2.00. The predicted octanol–water partition coefficient (Wildman–Crippen LogP) is 2.71. The molecule has 0 aliphatic heterocycles. The average Bonchev–Trinajstić information content (AvgIpc) is 2.27. The summed E-state index contributed by atoms with van der Waals surface area (Å²) in [5, 5.41) is 6.54. The fraction of sp³-hybridized carbons (Fsp3) is 0.167. The summed E-state index contributed by atoms with van der Waals surface area (Å²) < 4.78 is 5.18. The summed E-state index contributed by atoms with van der Waals surface area (Å²) in [4.78, 5) is 0. The first-order valence-electron chi connectivity index (χ1n) is 4.52. The molecule has 0 saturated carbocycles. The molecule has 0 heterocycles. The van der Waals surface area contributed by atoms with Crippen LogP contribution in [-0.4, -0.2) is 14.2 Å². The van der Waals surface area contributed by atoms with Gasteiger partial charge in [0.25, 0.3) is 0 Å². The number of hydrogen-bond acceptors (Lipinski definition) is 1. The Morgan fingerprint density at radius 3 is 2.71 bits per heavy atom. The lowest BCUT2D eigenvalue weighted by atomic mass is 10.1. The molecule has 71 valence electrons. The van der Waals surface area contributed by atoms with E-state index in [1.807, 2.05) is 30.3 Å². The first-order valence-corrected chi connectivity index (χ1v) is 4.52. The van der Waals surface area contributed by atoms with E-state index >= 15 is 0 Å². The van der Waals surface area contributed by atoms with Crippen molar-refractivity contribution in [2.45, 2.75) is 0 Å². The third-order valence-corrected chi connectivity index (χ3v) is 2.31. The molecule has 2 aromatic carbocycles. The van der Waals surface area contributed by atoms with E-state index in [1.165, 1.54) is 5.39 Å². The average molecular weight is 186 g/mol. The van der Waals surface area contributed by atoms with Gasteiger partial charge in [0, 0.05) is 12.4 Å². The number of methoxy groups -OCH3 is 1. The minimum atomic E-state index is 0.869. The SMILES string of the molecule is C[N]c1cccc2ccc(OC)cc12. The molecule has 0 aliphatic carbocycles. The van der Waals surface area contributed by atoms with Crippen molar-refractivity contribution in [2.24, 2.45) is 0 Å². The number of nitrogens with zero attached hydrogens (tertiary/aromatic N) is 1. The van der Waals surface area contributed by atoms with Crippen molar-refractivity contribution in [3.8, 4) is 5.75 Å². The zero-order valence-corrected chi connectivity index (χ0v) is 8.32. The van der Waals surface area contributed by atoms with E-state index in [1.54, 1.807) is 14.2 Å². The van der Waals surface area contributed by atoms with Crippen LogP contribution in [0.15, 0.2) is 36.4 Å². The summed E-state index contributed by atoms with van der Waals surface area (Å²) in [6.45, 7) is 0. The molecule has 0 bridgehead atoms. The van der Waals surface area contributed by atoms with E-state index in [-0.39, 0.29) is 0 Å². The molecule has 0 spiro atoms. The lowest BCUT2D eigenvalue weighted by Crippen LogP contribution is -1.89. The molecule has 0 fully saturated rings. The molecule has 2 heteroatoms. The van der Waals surface area contributed by atoms with Crippen LogP contribution in [0.4, 0.5) is 5.69 Å². The molecule has 14 heavy (non-hydrogen) atoms. The molecule has 2 aromatic rings. The molecule has 0 N–H and O–H groups in total. The van der Waals surface area contributed by atoms with Gasteiger partial charge in [-0.05, 0) is 23.6 Å². The lowest BCUT2D eigenvalue weighted by molar-refractivity contribution is 0.415. The van der Waals surface area contributed by atoms with Gasteiger partial charge in [-0.25, -0.2) is 0 Å². The van der Waals surface area contributed by atoms with Gasteiger partial charge in [-0.3, -0.25) is 5.32 Å². The second-order valence-electron chi connectivity index (χ2n) is 3.09. The minimum absolute atomic E-state index is 0.869.